The fourth-order valence-electron chi connectivity index (χ4n) is 2.74. The van der Waals surface area contributed by atoms with Crippen molar-refractivity contribution >= 4 is 28.3 Å². The molecule has 1 aliphatic rings. The maximum absolute atomic E-state index is 12.9. The molecule has 0 aromatic heterocycles. The highest BCUT2D eigenvalue weighted by Gasteiger charge is 2.16. The fourth-order valence-corrected chi connectivity index (χ4v) is 3.01. The number of hydrogen-bond donors (Lipinski definition) is 2. The standard InChI is InChI=1S/C17H25FIN3O4/c1-12(13-3-4-16(15(24)9-13)26-17(18)19)20-21(2)10-14(23)11-22-5-7-25-8-6-22/h3-4,9,14,17,23-24H,5-8,10-11H2,1-2H3/b20-12+. The Bertz CT molecular complexity index is 612. The number of morpholine rings is 1. The summed E-state index contributed by atoms with van der Waals surface area (Å²) in [6, 6.07) is 4.68. The van der Waals surface area contributed by atoms with E-state index in [1.807, 2.05) is 0 Å². The van der Waals surface area contributed by atoms with E-state index in [2.05, 4.69) is 10.0 Å². The van der Waals surface area contributed by atoms with Gasteiger partial charge in [-0.1, -0.05) is 0 Å². The molecular weight excluding hydrogens is 456 g/mol. The molecule has 146 valence electrons. The van der Waals surface area contributed by atoms with Crippen molar-refractivity contribution in [3.8, 4) is 11.5 Å². The van der Waals surface area contributed by atoms with Crippen LogP contribution in [0, 0.1) is 0 Å². The molecule has 1 saturated heterocycles. The number of ether oxygens (including phenoxy) is 2. The molecule has 0 bridgehead atoms. The Labute approximate surface area is 166 Å². The zero-order chi connectivity index (χ0) is 19.1. The zero-order valence-electron chi connectivity index (χ0n) is 14.9. The van der Waals surface area contributed by atoms with Crippen molar-refractivity contribution in [1.82, 2.24) is 9.91 Å². The first-order valence-electron chi connectivity index (χ1n) is 8.38. The largest absolute Gasteiger partial charge is 0.504 e. The molecule has 1 heterocycles. The number of β-amino-alcohol motifs (C(OH)–C–C–N with tert-alkyl or cyclic N) is 1. The average molecular weight is 481 g/mol. The van der Waals surface area contributed by atoms with Gasteiger partial charge >= 0.3 is 0 Å². The molecule has 1 aromatic carbocycles. The Kier molecular flexibility index (Phi) is 8.32. The third-order valence-electron chi connectivity index (χ3n) is 3.96. The lowest BCUT2D eigenvalue weighted by Gasteiger charge is -2.29. The molecule has 0 aliphatic carbocycles. The number of aliphatic hydroxyl groups is 1. The number of nitrogens with zero attached hydrogens (tertiary/aromatic N) is 3. The molecule has 2 unspecified atom stereocenters. The number of phenols is 1. The van der Waals surface area contributed by atoms with E-state index in [1.165, 1.54) is 34.7 Å². The molecule has 9 heteroatoms. The molecule has 0 amide bonds. The van der Waals surface area contributed by atoms with E-state index in [1.54, 1.807) is 25.0 Å². The van der Waals surface area contributed by atoms with Crippen molar-refractivity contribution < 1.29 is 24.1 Å². The SMILES string of the molecule is C/C(=N\N(C)CC(O)CN1CCOCC1)c1ccc(OC(F)I)c(O)c1. The topological polar surface area (TPSA) is 77.8 Å². The highest BCUT2D eigenvalue weighted by atomic mass is 127. The lowest BCUT2D eigenvalue weighted by atomic mass is 10.1. The lowest BCUT2D eigenvalue weighted by molar-refractivity contribution is 0.00888. The number of rotatable bonds is 8. The molecule has 1 fully saturated rings. The maximum atomic E-state index is 12.9. The summed E-state index contributed by atoms with van der Waals surface area (Å²) in [4.78, 5) is 2.17. The van der Waals surface area contributed by atoms with Gasteiger partial charge in [0.15, 0.2) is 11.5 Å². The molecule has 0 radical (unpaired) electrons. The smallest absolute Gasteiger partial charge is 0.288 e. The van der Waals surface area contributed by atoms with Crippen LogP contribution in [0.2, 0.25) is 0 Å². The number of aromatic hydroxyl groups is 1. The summed E-state index contributed by atoms with van der Waals surface area (Å²) in [5, 5.41) is 26.3. The van der Waals surface area contributed by atoms with Gasteiger partial charge in [0.25, 0.3) is 4.36 Å². The number of aliphatic hydroxyl groups excluding tert-OH is 1. The van der Waals surface area contributed by atoms with Crippen LogP contribution < -0.4 is 4.74 Å². The van der Waals surface area contributed by atoms with Crippen LogP contribution in [-0.2, 0) is 4.74 Å². The zero-order valence-corrected chi connectivity index (χ0v) is 17.1. The van der Waals surface area contributed by atoms with Gasteiger partial charge in [-0.2, -0.15) is 9.49 Å². The minimum atomic E-state index is -1.53. The van der Waals surface area contributed by atoms with Crippen molar-refractivity contribution in [2.45, 2.75) is 17.4 Å². The number of likely N-dealkylation sites (N-methyl/N-ethyl adjacent to an activating group) is 1. The van der Waals surface area contributed by atoms with Crippen molar-refractivity contribution in [2.75, 3.05) is 46.4 Å². The monoisotopic (exact) mass is 481 g/mol. The van der Waals surface area contributed by atoms with Gasteiger partial charge in [0.1, 0.15) is 0 Å². The van der Waals surface area contributed by atoms with E-state index in [4.69, 9.17) is 9.47 Å². The molecule has 1 aromatic rings. The summed E-state index contributed by atoms with van der Waals surface area (Å²) < 4.78 is 21.5. The van der Waals surface area contributed by atoms with E-state index >= 15 is 0 Å². The van der Waals surface area contributed by atoms with Crippen LogP contribution in [0.15, 0.2) is 23.3 Å². The predicted octanol–water partition coefficient (Wildman–Crippen LogP) is 1.81. The van der Waals surface area contributed by atoms with Gasteiger partial charge in [0, 0.05) is 54.8 Å². The second-order valence-electron chi connectivity index (χ2n) is 6.15. The molecule has 0 saturated carbocycles. The fraction of sp³-hybridized carbons (Fsp3) is 0.588. The number of benzene rings is 1. The molecular formula is C17H25FIN3O4. The molecule has 0 spiro atoms. The van der Waals surface area contributed by atoms with Crippen LogP contribution in [0.3, 0.4) is 0 Å². The Morgan fingerprint density at radius 3 is 2.77 bits per heavy atom. The third-order valence-corrected chi connectivity index (χ3v) is 4.22. The van der Waals surface area contributed by atoms with E-state index in [-0.39, 0.29) is 11.5 Å². The second-order valence-corrected chi connectivity index (χ2v) is 7.13. The maximum Gasteiger partial charge on any atom is 0.288 e. The third kappa shape index (κ3) is 6.86. The molecule has 1 aliphatic heterocycles. The number of hydrogen-bond acceptors (Lipinski definition) is 7. The minimum absolute atomic E-state index is 0.0812. The van der Waals surface area contributed by atoms with Gasteiger partial charge in [-0.15, -0.1) is 0 Å². The molecule has 26 heavy (non-hydrogen) atoms. The molecule has 2 atom stereocenters. The van der Waals surface area contributed by atoms with E-state index in [0.29, 0.717) is 37.6 Å². The second kappa shape index (κ2) is 10.2. The number of halogens is 2. The predicted molar refractivity (Wildman–Crippen MR) is 106 cm³/mol. The van der Waals surface area contributed by atoms with Gasteiger partial charge in [0.05, 0.1) is 31.6 Å². The van der Waals surface area contributed by atoms with Gasteiger partial charge in [-0.05, 0) is 25.1 Å². The summed E-state index contributed by atoms with van der Waals surface area (Å²) in [7, 11) is 1.78. The number of hydrazone groups is 1. The van der Waals surface area contributed by atoms with Gasteiger partial charge in [0.2, 0.25) is 0 Å². The van der Waals surface area contributed by atoms with Crippen molar-refractivity contribution in [2.24, 2.45) is 5.10 Å². The van der Waals surface area contributed by atoms with E-state index in [9.17, 15) is 14.6 Å². The molecule has 7 nitrogen and oxygen atoms in total. The summed E-state index contributed by atoms with van der Waals surface area (Å²) in [5.41, 5.74) is 1.35. The van der Waals surface area contributed by atoms with Crippen molar-refractivity contribution in [3.05, 3.63) is 23.8 Å². The Morgan fingerprint density at radius 1 is 1.46 bits per heavy atom. The normalized spacial score (nSPS) is 18.4. The Morgan fingerprint density at radius 2 is 2.15 bits per heavy atom. The van der Waals surface area contributed by atoms with Crippen LogP contribution in [0.5, 0.6) is 11.5 Å². The molecule has 2 N–H and O–H groups in total. The Hall–Kier alpha value is -1.17. The van der Waals surface area contributed by atoms with Crippen LogP contribution in [0.25, 0.3) is 0 Å². The van der Waals surface area contributed by atoms with Crippen LogP contribution in [0.4, 0.5) is 4.39 Å². The van der Waals surface area contributed by atoms with Crippen LogP contribution in [-0.4, -0.2) is 82.7 Å². The highest BCUT2D eigenvalue weighted by molar-refractivity contribution is 14.1. The highest BCUT2D eigenvalue weighted by Crippen LogP contribution is 2.29. The quantitative estimate of drug-likeness (QED) is 0.255. The number of phenolic OH excluding ortho intramolecular Hbond substituents is 1. The van der Waals surface area contributed by atoms with Crippen LogP contribution in [0.1, 0.15) is 12.5 Å². The summed E-state index contributed by atoms with van der Waals surface area (Å²) in [5.74, 6) is -0.0656. The minimum Gasteiger partial charge on any atom is -0.504 e. The van der Waals surface area contributed by atoms with E-state index < -0.39 is 10.5 Å². The van der Waals surface area contributed by atoms with E-state index in [0.717, 1.165) is 13.1 Å². The van der Waals surface area contributed by atoms with Crippen LogP contribution >= 0.6 is 22.6 Å². The van der Waals surface area contributed by atoms with Crippen molar-refractivity contribution in [3.63, 3.8) is 0 Å². The first-order valence-corrected chi connectivity index (χ1v) is 9.62. The first-order chi connectivity index (χ1) is 12.3. The van der Waals surface area contributed by atoms with Crippen molar-refractivity contribution in [1.29, 1.82) is 0 Å². The van der Waals surface area contributed by atoms with Gasteiger partial charge in [-0.3, -0.25) is 9.91 Å². The lowest BCUT2D eigenvalue weighted by Crippen LogP contribution is -2.43. The van der Waals surface area contributed by atoms with Gasteiger partial charge < -0.3 is 19.7 Å². The first kappa shape index (κ1) is 21.1. The number of alkyl halides is 2. The molecule has 2 rings (SSSR count). The summed E-state index contributed by atoms with van der Waals surface area (Å²) in [6.07, 6.45) is -0.524. The Balaban J connectivity index is 1.91. The summed E-state index contributed by atoms with van der Waals surface area (Å²) >= 11 is 1.47. The summed E-state index contributed by atoms with van der Waals surface area (Å²) in [6.45, 7) is 5.82. The van der Waals surface area contributed by atoms with Gasteiger partial charge in [-0.25, -0.2) is 0 Å². The average Bonchev–Trinajstić information content (AvgIpc) is 2.56.